The predicted octanol–water partition coefficient (Wildman–Crippen LogP) is 2.66. The van der Waals surface area contributed by atoms with Gasteiger partial charge in [-0.3, -0.25) is 0 Å². The molecule has 1 heterocycles. The van der Waals surface area contributed by atoms with E-state index in [1.54, 1.807) is 4.90 Å². The first-order valence-electron chi connectivity index (χ1n) is 6.13. The van der Waals surface area contributed by atoms with Crippen LogP contribution in [0.3, 0.4) is 0 Å². The number of hydrogen-bond donors (Lipinski definition) is 1. The first-order valence-corrected chi connectivity index (χ1v) is 6.13. The summed E-state index contributed by atoms with van der Waals surface area (Å²) in [6.45, 7) is 1.75. The number of amides is 2. The van der Waals surface area contributed by atoms with Gasteiger partial charge in [0.25, 0.3) is 0 Å². The van der Waals surface area contributed by atoms with E-state index in [0.717, 1.165) is 44.5 Å². The SMILES string of the molecule is O=C(NCc1ccc(F)c(F)c1)N1CCCCC1. The second-order valence-electron chi connectivity index (χ2n) is 4.45. The molecule has 5 heteroatoms. The van der Waals surface area contributed by atoms with Crippen molar-refractivity contribution in [1.29, 1.82) is 0 Å². The van der Waals surface area contributed by atoms with Gasteiger partial charge in [-0.1, -0.05) is 6.07 Å². The average Bonchev–Trinajstić information content (AvgIpc) is 2.41. The minimum absolute atomic E-state index is 0.139. The molecule has 1 saturated heterocycles. The highest BCUT2D eigenvalue weighted by molar-refractivity contribution is 5.74. The first-order chi connectivity index (χ1) is 8.66. The standard InChI is InChI=1S/C13H16F2N2O/c14-11-5-4-10(8-12(11)15)9-16-13(18)17-6-2-1-3-7-17/h4-5,8H,1-3,6-7,9H2,(H,16,18). The van der Waals surface area contributed by atoms with Crippen LogP contribution in [0.2, 0.25) is 0 Å². The van der Waals surface area contributed by atoms with Crippen LogP contribution >= 0.6 is 0 Å². The van der Waals surface area contributed by atoms with Crippen molar-refractivity contribution in [3.63, 3.8) is 0 Å². The molecule has 1 aliphatic heterocycles. The Balaban J connectivity index is 1.86. The van der Waals surface area contributed by atoms with Crippen LogP contribution in [-0.4, -0.2) is 24.0 Å². The molecule has 1 fully saturated rings. The van der Waals surface area contributed by atoms with Crippen LogP contribution in [0, 0.1) is 11.6 Å². The quantitative estimate of drug-likeness (QED) is 0.864. The molecule has 0 saturated carbocycles. The van der Waals surface area contributed by atoms with Gasteiger partial charge in [0.1, 0.15) is 0 Å². The molecule has 0 atom stereocenters. The smallest absolute Gasteiger partial charge is 0.317 e. The Morgan fingerprint density at radius 2 is 1.89 bits per heavy atom. The second kappa shape index (κ2) is 5.80. The van der Waals surface area contributed by atoms with Gasteiger partial charge < -0.3 is 10.2 Å². The van der Waals surface area contributed by atoms with Crippen LogP contribution in [0.15, 0.2) is 18.2 Å². The Bertz CT molecular complexity index is 431. The number of carbonyl (C=O) groups is 1. The molecule has 3 nitrogen and oxygen atoms in total. The van der Waals surface area contributed by atoms with Gasteiger partial charge >= 0.3 is 6.03 Å². The summed E-state index contributed by atoms with van der Waals surface area (Å²) >= 11 is 0. The number of carbonyl (C=O) groups excluding carboxylic acids is 1. The number of piperidine rings is 1. The lowest BCUT2D eigenvalue weighted by atomic mass is 10.1. The number of rotatable bonds is 2. The summed E-state index contributed by atoms with van der Waals surface area (Å²) < 4.78 is 25.7. The predicted molar refractivity (Wildman–Crippen MR) is 64.0 cm³/mol. The molecule has 0 aliphatic carbocycles. The van der Waals surface area contributed by atoms with E-state index in [0.29, 0.717) is 5.56 Å². The van der Waals surface area contributed by atoms with Crippen LogP contribution in [0.4, 0.5) is 13.6 Å². The molecule has 2 rings (SSSR count). The van der Waals surface area contributed by atoms with Crippen molar-refractivity contribution in [3.8, 4) is 0 Å². The first kappa shape index (κ1) is 12.8. The van der Waals surface area contributed by atoms with E-state index < -0.39 is 11.6 Å². The van der Waals surface area contributed by atoms with Gasteiger partial charge in [0.15, 0.2) is 11.6 Å². The maximum atomic E-state index is 13.0. The van der Waals surface area contributed by atoms with Crippen LogP contribution in [0.25, 0.3) is 0 Å². The lowest BCUT2D eigenvalue weighted by Crippen LogP contribution is -2.42. The van der Waals surface area contributed by atoms with Crippen molar-refractivity contribution in [2.75, 3.05) is 13.1 Å². The second-order valence-corrected chi connectivity index (χ2v) is 4.45. The largest absolute Gasteiger partial charge is 0.334 e. The zero-order valence-electron chi connectivity index (χ0n) is 10.1. The fourth-order valence-electron chi connectivity index (χ4n) is 2.04. The molecular formula is C13H16F2N2O. The third-order valence-electron chi connectivity index (χ3n) is 3.07. The van der Waals surface area contributed by atoms with Crippen molar-refractivity contribution in [3.05, 3.63) is 35.4 Å². The summed E-state index contributed by atoms with van der Waals surface area (Å²) in [6.07, 6.45) is 3.21. The zero-order valence-corrected chi connectivity index (χ0v) is 10.1. The normalized spacial score (nSPS) is 15.6. The third-order valence-corrected chi connectivity index (χ3v) is 3.07. The fraction of sp³-hybridized carbons (Fsp3) is 0.462. The summed E-state index contributed by atoms with van der Waals surface area (Å²) in [4.78, 5) is 13.5. The van der Waals surface area contributed by atoms with E-state index in [1.165, 1.54) is 6.07 Å². The van der Waals surface area contributed by atoms with E-state index in [4.69, 9.17) is 0 Å². The number of hydrogen-bond acceptors (Lipinski definition) is 1. The molecule has 1 aliphatic rings. The number of urea groups is 1. The summed E-state index contributed by atoms with van der Waals surface area (Å²) in [7, 11) is 0. The van der Waals surface area contributed by atoms with Crippen molar-refractivity contribution in [1.82, 2.24) is 10.2 Å². The highest BCUT2D eigenvalue weighted by atomic mass is 19.2. The van der Waals surface area contributed by atoms with E-state index in [9.17, 15) is 13.6 Å². The minimum atomic E-state index is -0.889. The topological polar surface area (TPSA) is 32.3 Å². The van der Waals surface area contributed by atoms with Gasteiger partial charge in [-0.05, 0) is 37.0 Å². The summed E-state index contributed by atoms with van der Waals surface area (Å²) in [5.41, 5.74) is 0.555. The van der Waals surface area contributed by atoms with E-state index >= 15 is 0 Å². The van der Waals surface area contributed by atoms with Crippen molar-refractivity contribution >= 4 is 6.03 Å². The number of nitrogens with one attached hydrogen (secondary N) is 1. The molecule has 0 unspecified atom stereocenters. The van der Waals surface area contributed by atoms with E-state index in [-0.39, 0.29) is 12.6 Å². The van der Waals surface area contributed by atoms with E-state index in [2.05, 4.69) is 5.32 Å². The summed E-state index contributed by atoms with van der Waals surface area (Å²) in [5, 5.41) is 2.71. The molecule has 98 valence electrons. The maximum absolute atomic E-state index is 13.0. The Hall–Kier alpha value is -1.65. The van der Waals surface area contributed by atoms with Crippen molar-refractivity contribution in [2.24, 2.45) is 0 Å². The highest BCUT2D eigenvalue weighted by Gasteiger charge is 2.15. The van der Waals surface area contributed by atoms with Crippen LogP contribution in [0.5, 0.6) is 0 Å². The average molecular weight is 254 g/mol. The minimum Gasteiger partial charge on any atom is -0.334 e. The molecule has 1 aromatic carbocycles. The number of likely N-dealkylation sites (tertiary alicyclic amines) is 1. The lowest BCUT2D eigenvalue weighted by molar-refractivity contribution is 0.186. The van der Waals surface area contributed by atoms with Gasteiger partial charge in [0, 0.05) is 19.6 Å². The maximum Gasteiger partial charge on any atom is 0.317 e. The van der Waals surface area contributed by atoms with E-state index in [1.807, 2.05) is 0 Å². The third kappa shape index (κ3) is 3.18. The van der Waals surface area contributed by atoms with Crippen molar-refractivity contribution < 1.29 is 13.6 Å². The molecule has 0 aromatic heterocycles. The van der Waals surface area contributed by atoms with Gasteiger partial charge in [0.05, 0.1) is 0 Å². The number of benzene rings is 1. The number of halogens is 2. The van der Waals surface area contributed by atoms with Gasteiger partial charge in [-0.2, -0.15) is 0 Å². The van der Waals surface area contributed by atoms with Crippen molar-refractivity contribution in [2.45, 2.75) is 25.8 Å². The summed E-state index contributed by atoms with van der Waals surface area (Å²) in [6, 6.07) is 3.50. The van der Waals surface area contributed by atoms with Crippen LogP contribution < -0.4 is 5.32 Å². The van der Waals surface area contributed by atoms with Crippen LogP contribution in [0.1, 0.15) is 24.8 Å². The lowest BCUT2D eigenvalue weighted by Gasteiger charge is -2.26. The Morgan fingerprint density at radius 1 is 1.17 bits per heavy atom. The molecule has 0 spiro atoms. The monoisotopic (exact) mass is 254 g/mol. The molecule has 1 aromatic rings. The Morgan fingerprint density at radius 3 is 2.56 bits per heavy atom. The molecular weight excluding hydrogens is 238 g/mol. The number of nitrogens with zero attached hydrogens (tertiary/aromatic N) is 1. The Labute approximate surface area is 105 Å². The molecule has 0 radical (unpaired) electrons. The highest BCUT2D eigenvalue weighted by Crippen LogP contribution is 2.10. The fourth-order valence-corrected chi connectivity index (χ4v) is 2.04. The molecule has 1 N–H and O–H groups in total. The summed E-state index contributed by atoms with van der Waals surface area (Å²) in [5.74, 6) is -1.76. The van der Waals surface area contributed by atoms with Gasteiger partial charge in [0.2, 0.25) is 0 Å². The molecule has 0 bridgehead atoms. The van der Waals surface area contributed by atoms with Gasteiger partial charge in [-0.15, -0.1) is 0 Å². The zero-order chi connectivity index (χ0) is 13.0. The Kier molecular flexibility index (Phi) is 4.12. The van der Waals surface area contributed by atoms with Crippen LogP contribution in [-0.2, 0) is 6.54 Å². The molecule has 18 heavy (non-hydrogen) atoms. The molecule has 2 amide bonds. The van der Waals surface area contributed by atoms with Gasteiger partial charge in [-0.25, -0.2) is 13.6 Å².